The van der Waals surface area contributed by atoms with Gasteiger partial charge in [0.1, 0.15) is 6.04 Å². The molecule has 1 fully saturated rings. The molecular weight excluding hydrogens is 154 g/mol. The fourth-order valence-electron chi connectivity index (χ4n) is 1.21. The van der Waals surface area contributed by atoms with Crippen molar-refractivity contribution in [2.45, 2.75) is 26.3 Å². The summed E-state index contributed by atoms with van der Waals surface area (Å²) in [5, 5.41) is 0. The maximum atomic E-state index is 11.0. The van der Waals surface area contributed by atoms with E-state index in [1.54, 1.807) is 0 Å². The van der Waals surface area contributed by atoms with E-state index in [-0.39, 0.29) is 12.0 Å². The highest BCUT2D eigenvalue weighted by molar-refractivity contribution is 5.78. The van der Waals surface area contributed by atoms with Gasteiger partial charge in [-0.05, 0) is 18.9 Å². The van der Waals surface area contributed by atoms with Crippen LogP contribution in [0.25, 0.3) is 0 Å². The van der Waals surface area contributed by atoms with Crippen molar-refractivity contribution in [1.82, 2.24) is 4.90 Å². The maximum absolute atomic E-state index is 11.0. The molecule has 1 saturated heterocycles. The first-order valence-electron chi connectivity index (χ1n) is 4.47. The molecule has 1 rings (SSSR count). The molecule has 0 spiro atoms. The Hall–Kier alpha value is -0.570. The van der Waals surface area contributed by atoms with Crippen LogP contribution in [0.2, 0.25) is 0 Å². The molecule has 2 atom stereocenters. The standard InChI is InChI=1S/C9H17NO2/c1-7(2)4-5-10-6-8(10)9(11)12-3/h7-8H,4-6H2,1-3H3. The Morgan fingerprint density at radius 1 is 1.67 bits per heavy atom. The number of nitrogens with zero attached hydrogens (tertiary/aromatic N) is 1. The van der Waals surface area contributed by atoms with Crippen LogP contribution in [0.15, 0.2) is 0 Å². The number of hydrogen-bond donors (Lipinski definition) is 0. The number of hydrogen-bond acceptors (Lipinski definition) is 3. The van der Waals surface area contributed by atoms with Crippen LogP contribution in [0.5, 0.6) is 0 Å². The minimum Gasteiger partial charge on any atom is -0.468 e. The zero-order chi connectivity index (χ0) is 9.14. The van der Waals surface area contributed by atoms with E-state index in [1.807, 2.05) is 0 Å². The molecule has 1 aliphatic rings. The van der Waals surface area contributed by atoms with E-state index in [0.29, 0.717) is 5.92 Å². The van der Waals surface area contributed by atoms with Gasteiger partial charge in [-0.1, -0.05) is 13.8 Å². The monoisotopic (exact) mass is 171 g/mol. The zero-order valence-corrected chi connectivity index (χ0v) is 8.04. The largest absolute Gasteiger partial charge is 0.468 e. The molecule has 70 valence electrons. The van der Waals surface area contributed by atoms with Gasteiger partial charge in [0.05, 0.1) is 7.11 Å². The molecule has 0 aromatic heterocycles. The molecule has 1 aliphatic heterocycles. The van der Waals surface area contributed by atoms with Crippen molar-refractivity contribution in [3.05, 3.63) is 0 Å². The molecule has 3 heteroatoms. The number of carbonyl (C=O) groups excluding carboxylic acids is 1. The summed E-state index contributed by atoms with van der Waals surface area (Å²) in [6.07, 6.45) is 1.16. The molecule has 2 unspecified atom stereocenters. The zero-order valence-electron chi connectivity index (χ0n) is 8.04. The second kappa shape index (κ2) is 3.90. The fraction of sp³-hybridized carbons (Fsp3) is 0.889. The molecule has 0 radical (unpaired) electrons. The van der Waals surface area contributed by atoms with Crippen LogP contribution in [0.4, 0.5) is 0 Å². The quantitative estimate of drug-likeness (QED) is 0.464. The van der Waals surface area contributed by atoms with Crippen LogP contribution in [0, 0.1) is 5.92 Å². The van der Waals surface area contributed by atoms with Gasteiger partial charge in [-0.25, -0.2) is 0 Å². The van der Waals surface area contributed by atoms with E-state index in [2.05, 4.69) is 23.5 Å². The highest BCUT2D eigenvalue weighted by Gasteiger charge is 2.40. The third-order valence-corrected chi connectivity index (χ3v) is 2.18. The lowest BCUT2D eigenvalue weighted by Gasteiger charge is -2.04. The molecule has 12 heavy (non-hydrogen) atoms. The Labute approximate surface area is 73.7 Å². The summed E-state index contributed by atoms with van der Waals surface area (Å²) in [5.74, 6) is 0.627. The van der Waals surface area contributed by atoms with Gasteiger partial charge >= 0.3 is 5.97 Å². The average molecular weight is 171 g/mol. The second-order valence-corrected chi connectivity index (χ2v) is 3.72. The number of esters is 1. The highest BCUT2D eigenvalue weighted by atomic mass is 16.5. The SMILES string of the molecule is COC(=O)C1CN1CCC(C)C. The van der Waals surface area contributed by atoms with Gasteiger partial charge in [-0.15, -0.1) is 0 Å². The minimum atomic E-state index is -0.0845. The van der Waals surface area contributed by atoms with E-state index in [0.717, 1.165) is 19.5 Å². The smallest absolute Gasteiger partial charge is 0.324 e. The van der Waals surface area contributed by atoms with Crippen LogP contribution >= 0.6 is 0 Å². The number of ether oxygens (including phenoxy) is 1. The van der Waals surface area contributed by atoms with E-state index >= 15 is 0 Å². The Kier molecular flexibility index (Phi) is 3.09. The third kappa shape index (κ3) is 2.48. The van der Waals surface area contributed by atoms with Crippen LogP contribution < -0.4 is 0 Å². The van der Waals surface area contributed by atoms with E-state index in [9.17, 15) is 4.79 Å². The van der Waals surface area contributed by atoms with Crippen molar-refractivity contribution >= 4 is 5.97 Å². The summed E-state index contributed by atoms with van der Waals surface area (Å²) in [6.45, 7) is 6.30. The van der Waals surface area contributed by atoms with Crippen LogP contribution in [-0.4, -0.2) is 37.1 Å². The van der Waals surface area contributed by atoms with Gasteiger partial charge in [0.15, 0.2) is 0 Å². The van der Waals surface area contributed by atoms with E-state index in [1.165, 1.54) is 7.11 Å². The van der Waals surface area contributed by atoms with Crippen molar-refractivity contribution < 1.29 is 9.53 Å². The summed E-state index contributed by atoms with van der Waals surface area (Å²) in [7, 11) is 1.45. The molecule has 3 nitrogen and oxygen atoms in total. The van der Waals surface area contributed by atoms with Crippen molar-refractivity contribution in [3.8, 4) is 0 Å². The summed E-state index contributed by atoms with van der Waals surface area (Å²) in [4.78, 5) is 13.1. The van der Waals surface area contributed by atoms with Gasteiger partial charge in [-0.2, -0.15) is 0 Å². The number of methoxy groups -OCH3 is 1. The summed E-state index contributed by atoms with van der Waals surface area (Å²) in [6, 6.07) is 0.0637. The molecule has 0 N–H and O–H groups in total. The highest BCUT2D eigenvalue weighted by Crippen LogP contribution is 2.19. The molecule has 0 aromatic carbocycles. The first-order chi connectivity index (χ1) is 5.65. The van der Waals surface area contributed by atoms with E-state index < -0.39 is 0 Å². The molecule has 0 bridgehead atoms. The molecule has 1 heterocycles. The predicted octanol–water partition coefficient (Wildman–Crippen LogP) is 0.890. The maximum Gasteiger partial charge on any atom is 0.324 e. The van der Waals surface area contributed by atoms with Crippen LogP contribution in [0.3, 0.4) is 0 Å². The third-order valence-electron chi connectivity index (χ3n) is 2.18. The van der Waals surface area contributed by atoms with Gasteiger partial charge in [0.2, 0.25) is 0 Å². The molecule has 0 aliphatic carbocycles. The van der Waals surface area contributed by atoms with Crippen molar-refractivity contribution in [2.75, 3.05) is 20.2 Å². The number of carbonyl (C=O) groups is 1. The predicted molar refractivity (Wildman–Crippen MR) is 46.8 cm³/mol. The van der Waals surface area contributed by atoms with Gasteiger partial charge < -0.3 is 4.74 Å². The molecule has 0 amide bonds. The molecule has 0 aromatic rings. The lowest BCUT2D eigenvalue weighted by atomic mass is 10.1. The summed E-state index contributed by atoms with van der Waals surface area (Å²) in [5.41, 5.74) is 0. The van der Waals surface area contributed by atoms with Gasteiger partial charge in [-0.3, -0.25) is 9.69 Å². The second-order valence-electron chi connectivity index (χ2n) is 3.72. The van der Waals surface area contributed by atoms with Crippen LogP contribution in [-0.2, 0) is 9.53 Å². The van der Waals surface area contributed by atoms with Crippen molar-refractivity contribution in [1.29, 1.82) is 0 Å². The Bertz CT molecular complexity index is 168. The lowest BCUT2D eigenvalue weighted by molar-refractivity contribution is -0.140. The average Bonchev–Trinajstić information content (AvgIpc) is 2.78. The van der Waals surface area contributed by atoms with Crippen LogP contribution in [0.1, 0.15) is 20.3 Å². The lowest BCUT2D eigenvalue weighted by Crippen LogP contribution is -2.15. The Morgan fingerprint density at radius 3 is 2.83 bits per heavy atom. The Morgan fingerprint density at radius 2 is 2.33 bits per heavy atom. The normalized spacial score (nSPS) is 27.3. The molecule has 0 saturated carbocycles. The van der Waals surface area contributed by atoms with Crippen molar-refractivity contribution in [2.24, 2.45) is 5.92 Å². The number of rotatable bonds is 4. The van der Waals surface area contributed by atoms with Gasteiger partial charge in [0.25, 0.3) is 0 Å². The summed E-state index contributed by atoms with van der Waals surface area (Å²) >= 11 is 0. The van der Waals surface area contributed by atoms with Crippen molar-refractivity contribution in [3.63, 3.8) is 0 Å². The van der Waals surface area contributed by atoms with E-state index in [4.69, 9.17) is 0 Å². The van der Waals surface area contributed by atoms with Gasteiger partial charge in [0, 0.05) is 6.54 Å². The first kappa shape index (κ1) is 9.52. The molecular formula is C9H17NO2. The summed E-state index contributed by atoms with van der Waals surface area (Å²) < 4.78 is 4.63. The minimum absolute atomic E-state index is 0.0637. The Balaban J connectivity index is 2.12. The topological polar surface area (TPSA) is 29.3 Å². The fourth-order valence-corrected chi connectivity index (χ4v) is 1.21. The first-order valence-corrected chi connectivity index (χ1v) is 4.47.